The van der Waals surface area contributed by atoms with Gasteiger partial charge in [0.05, 0.1) is 12.2 Å². The second-order valence-electron chi connectivity index (χ2n) is 5.70. The van der Waals surface area contributed by atoms with Crippen molar-refractivity contribution < 1.29 is 10.2 Å². The van der Waals surface area contributed by atoms with Crippen LogP contribution in [-0.4, -0.2) is 38.9 Å². The van der Waals surface area contributed by atoms with Gasteiger partial charge in [-0.15, -0.1) is 0 Å². The summed E-state index contributed by atoms with van der Waals surface area (Å²) in [7, 11) is 0. The summed E-state index contributed by atoms with van der Waals surface area (Å²) in [5.41, 5.74) is 1.28. The number of hydrogen-bond donors (Lipinski definition) is 3. The Bertz CT molecular complexity index is 456. The molecule has 0 aromatic carbocycles. The average Bonchev–Trinajstić information content (AvgIpc) is 2.32. The molecule has 0 spiro atoms. The zero-order chi connectivity index (χ0) is 14.0. The smallest absolute Gasteiger partial charge is 0.132 e. The Morgan fingerprint density at radius 2 is 1.95 bits per heavy atom. The van der Waals surface area contributed by atoms with Gasteiger partial charge in [0.2, 0.25) is 0 Å². The van der Waals surface area contributed by atoms with Gasteiger partial charge in [-0.05, 0) is 46.0 Å². The molecule has 3 N–H and O–H groups in total. The molecule has 5 heteroatoms. The number of nitrogens with zero attached hydrogens (tertiary/aromatic N) is 2. The molecule has 0 aliphatic heterocycles. The van der Waals surface area contributed by atoms with Gasteiger partial charge in [-0.25, -0.2) is 9.97 Å². The van der Waals surface area contributed by atoms with Crippen LogP contribution in [0.25, 0.3) is 0 Å². The molecule has 0 bridgehead atoms. The lowest BCUT2D eigenvalue weighted by Crippen LogP contribution is -2.47. The first-order chi connectivity index (χ1) is 8.93. The van der Waals surface area contributed by atoms with Gasteiger partial charge in [0.15, 0.2) is 0 Å². The van der Waals surface area contributed by atoms with Gasteiger partial charge in [0, 0.05) is 17.8 Å². The predicted molar refractivity (Wildman–Crippen MR) is 74.1 cm³/mol. The average molecular weight is 265 g/mol. The first kappa shape index (κ1) is 14.2. The fourth-order valence-electron chi connectivity index (χ4n) is 2.68. The van der Waals surface area contributed by atoms with E-state index in [1.54, 1.807) is 0 Å². The summed E-state index contributed by atoms with van der Waals surface area (Å²) < 4.78 is 0. The normalized spacial score (nSPS) is 26.1. The lowest BCUT2D eigenvalue weighted by molar-refractivity contribution is -0.108. The molecule has 1 aliphatic rings. The molecular weight excluding hydrogens is 242 g/mol. The van der Waals surface area contributed by atoms with Crippen molar-refractivity contribution in [1.29, 1.82) is 0 Å². The third-order valence-corrected chi connectivity index (χ3v) is 3.98. The third-order valence-electron chi connectivity index (χ3n) is 3.98. The number of hydrogen-bond acceptors (Lipinski definition) is 5. The molecule has 1 saturated carbocycles. The SMILES string of the molecule is Cc1nc(C)c(C)c(NCCC2CC(O)(CO)C2)n1. The fourth-order valence-corrected chi connectivity index (χ4v) is 2.68. The zero-order valence-electron chi connectivity index (χ0n) is 11.9. The van der Waals surface area contributed by atoms with Gasteiger partial charge in [0.1, 0.15) is 11.6 Å². The van der Waals surface area contributed by atoms with Crippen molar-refractivity contribution in [2.45, 2.75) is 45.6 Å². The predicted octanol–water partition coefficient (Wildman–Crippen LogP) is 1.34. The van der Waals surface area contributed by atoms with E-state index < -0.39 is 5.60 Å². The van der Waals surface area contributed by atoms with Crippen LogP contribution < -0.4 is 5.32 Å². The molecule has 0 unspecified atom stereocenters. The lowest BCUT2D eigenvalue weighted by Gasteiger charge is -2.42. The van der Waals surface area contributed by atoms with Gasteiger partial charge >= 0.3 is 0 Å². The first-order valence-corrected chi connectivity index (χ1v) is 6.82. The maximum Gasteiger partial charge on any atom is 0.132 e. The molecular formula is C14H23N3O2. The maximum absolute atomic E-state index is 9.73. The van der Waals surface area contributed by atoms with E-state index in [1.165, 1.54) is 0 Å². The minimum absolute atomic E-state index is 0.125. The molecule has 1 fully saturated rings. The molecule has 1 aromatic heterocycles. The van der Waals surface area contributed by atoms with E-state index in [9.17, 15) is 5.11 Å². The Hall–Kier alpha value is -1.20. The number of aromatic nitrogens is 2. The van der Waals surface area contributed by atoms with Gasteiger partial charge < -0.3 is 15.5 Å². The van der Waals surface area contributed by atoms with E-state index >= 15 is 0 Å². The van der Waals surface area contributed by atoms with Crippen molar-refractivity contribution >= 4 is 5.82 Å². The lowest BCUT2D eigenvalue weighted by atomic mass is 9.70. The van der Waals surface area contributed by atoms with E-state index in [4.69, 9.17) is 5.11 Å². The fraction of sp³-hybridized carbons (Fsp3) is 0.714. The van der Waals surface area contributed by atoms with Crippen LogP contribution in [-0.2, 0) is 0 Å². The molecule has 1 aromatic rings. The largest absolute Gasteiger partial charge is 0.393 e. The Balaban J connectivity index is 1.81. The van der Waals surface area contributed by atoms with Gasteiger partial charge in [0.25, 0.3) is 0 Å². The van der Waals surface area contributed by atoms with Crippen LogP contribution in [0.3, 0.4) is 0 Å². The number of aliphatic hydroxyl groups excluding tert-OH is 1. The maximum atomic E-state index is 9.73. The van der Waals surface area contributed by atoms with Crippen LogP contribution in [0.4, 0.5) is 5.82 Å². The number of rotatable bonds is 5. The molecule has 1 aliphatic carbocycles. The van der Waals surface area contributed by atoms with E-state index in [0.29, 0.717) is 18.8 Å². The summed E-state index contributed by atoms with van der Waals surface area (Å²) in [5, 5.41) is 22.1. The van der Waals surface area contributed by atoms with E-state index in [-0.39, 0.29) is 6.61 Å². The van der Waals surface area contributed by atoms with Crippen molar-refractivity contribution in [3.05, 3.63) is 17.1 Å². The van der Waals surface area contributed by atoms with Crippen LogP contribution in [0, 0.1) is 26.7 Å². The number of anilines is 1. The molecule has 2 rings (SSSR count). The van der Waals surface area contributed by atoms with Crippen LogP contribution >= 0.6 is 0 Å². The van der Waals surface area contributed by atoms with Crippen molar-refractivity contribution in [3.63, 3.8) is 0 Å². The molecule has 1 heterocycles. The van der Waals surface area contributed by atoms with Crippen molar-refractivity contribution in [1.82, 2.24) is 9.97 Å². The molecule has 19 heavy (non-hydrogen) atoms. The Morgan fingerprint density at radius 3 is 2.58 bits per heavy atom. The Morgan fingerprint density at radius 1 is 1.26 bits per heavy atom. The van der Waals surface area contributed by atoms with E-state index in [0.717, 1.165) is 35.9 Å². The summed E-state index contributed by atoms with van der Waals surface area (Å²) in [4.78, 5) is 8.73. The molecule has 0 amide bonds. The van der Waals surface area contributed by atoms with Gasteiger partial charge in [-0.3, -0.25) is 0 Å². The molecule has 106 valence electrons. The summed E-state index contributed by atoms with van der Waals surface area (Å²) in [5.74, 6) is 2.18. The quantitative estimate of drug-likeness (QED) is 0.749. The van der Waals surface area contributed by atoms with E-state index in [2.05, 4.69) is 15.3 Å². The number of aliphatic hydroxyl groups is 2. The molecule has 5 nitrogen and oxygen atoms in total. The highest BCUT2D eigenvalue weighted by atomic mass is 16.3. The summed E-state index contributed by atoms with van der Waals surface area (Å²) in [6, 6.07) is 0. The highest BCUT2D eigenvalue weighted by Crippen LogP contribution is 2.39. The number of aryl methyl sites for hydroxylation is 2. The van der Waals surface area contributed by atoms with Crippen LogP contribution in [0.2, 0.25) is 0 Å². The monoisotopic (exact) mass is 265 g/mol. The summed E-state index contributed by atoms with van der Waals surface area (Å²) in [6.07, 6.45) is 2.39. The van der Waals surface area contributed by atoms with Crippen molar-refractivity contribution in [3.8, 4) is 0 Å². The Kier molecular flexibility index (Phi) is 4.06. The van der Waals surface area contributed by atoms with Crippen LogP contribution in [0.15, 0.2) is 0 Å². The van der Waals surface area contributed by atoms with Gasteiger partial charge in [-0.1, -0.05) is 0 Å². The summed E-state index contributed by atoms with van der Waals surface area (Å²) in [6.45, 7) is 6.61. The van der Waals surface area contributed by atoms with Crippen molar-refractivity contribution in [2.24, 2.45) is 5.92 Å². The first-order valence-electron chi connectivity index (χ1n) is 6.82. The Labute approximate surface area is 114 Å². The van der Waals surface area contributed by atoms with E-state index in [1.807, 2.05) is 20.8 Å². The third kappa shape index (κ3) is 3.22. The van der Waals surface area contributed by atoms with Crippen LogP contribution in [0.1, 0.15) is 36.3 Å². The molecule has 0 atom stereocenters. The minimum atomic E-state index is -0.817. The topological polar surface area (TPSA) is 78.3 Å². The number of nitrogens with one attached hydrogen (secondary N) is 1. The molecule has 0 saturated heterocycles. The zero-order valence-corrected chi connectivity index (χ0v) is 11.9. The second kappa shape index (κ2) is 5.43. The van der Waals surface area contributed by atoms with Gasteiger partial charge in [-0.2, -0.15) is 0 Å². The minimum Gasteiger partial charge on any atom is -0.393 e. The highest BCUT2D eigenvalue weighted by Gasteiger charge is 2.41. The van der Waals surface area contributed by atoms with Crippen LogP contribution in [0.5, 0.6) is 0 Å². The van der Waals surface area contributed by atoms with Crippen molar-refractivity contribution in [2.75, 3.05) is 18.5 Å². The molecule has 0 radical (unpaired) electrons. The second-order valence-corrected chi connectivity index (χ2v) is 5.70. The standard InChI is InChI=1S/C14H23N3O2/c1-9-10(2)16-11(3)17-13(9)15-5-4-12-6-14(19,7-12)8-18/h12,18-19H,4-8H2,1-3H3,(H,15,16,17). The summed E-state index contributed by atoms with van der Waals surface area (Å²) >= 11 is 0. The highest BCUT2D eigenvalue weighted by molar-refractivity contribution is 5.45.